The molecule has 0 saturated carbocycles. The van der Waals surface area contributed by atoms with Crippen molar-refractivity contribution in [1.82, 2.24) is 5.32 Å². The van der Waals surface area contributed by atoms with E-state index in [9.17, 15) is 18.4 Å². The smallest absolute Gasteiger partial charge is 0.335 e. The van der Waals surface area contributed by atoms with Crippen molar-refractivity contribution in [3.8, 4) is 5.75 Å². The van der Waals surface area contributed by atoms with Gasteiger partial charge < -0.3 is 15.2 Å². The minimum Gasteiger partial charge on any atom is -0.483 e. The van der Waals surface area contributed by atoms with E-state index in [1.807, 2.05) is 0 Å². The number of para-hydroxylation sites is 1. The molecule has 3 aromatic carbocycles. The average Bonchev–Trinajstić information content (AvgIpc) is 2.74. The number of halogens is 3. The standard InChI is InChI=1S/C23H18ClF2NO4/c1-13(14-5-7-15(8-6-14)23(29)30)27-22(28)18-11-17(24)10-9-16(18)12-31-21-19(25)3-2-4-20(21)26/h2-11,13H,12H2,1H3,(H,27,28)(H,29,30). The van der Waals surface area contributed by atoms with Crippen molar-refractivity contribution >= 4 is 23.5 Å². The summed E-state index contributed by atoms with van der Waals surface area (Å²) in [4.78, 5) is 23.8. The molecule has 2 N–H and O–H groups in total. The molecule has 0 saturated heterocycles. The fraction of sp³-hybridized carbons (Fsp3) is 0.130. The highest BCUT2D eigenvalue weighted by Gasteiger charge is 2.18. The number of hydrogen-bond acceptors (Lipinski definition) is 3. The maximum absolute atomic E-state index is 13.8. The molecule has 160 valence electrons. The van der Waals surface area contributed by atoms with Crippen molar-refractivity contribution in [2.75, 3.05) is 0 Å². The van der Waals surface area contributed by atoms with Gasteiger partial charge in [0.25, 0.3) is 5.91 Å². The zero-order chi connectivity index (χ0) is 22.5. The van der Waals surface area contributed by atoms with Crippen molar-refractivity contribution in [2.45, 2.75) is 19.6 Å². The number of carbonyl (C=O) groups excluding carboxylic acids is 1. The van der Waals surface area contributed by atoms with E-state index >= 15 is 0 Å². The lowest BCUT2D eigenvalue weighted by Crippen LogP contribution is -2.28. The molecule has 8 heteroatoms. The number of benzene rings is 3. The molecule has 5 nitrogen and oxygen atoms in total. The average molecular weight is 446 g/mol. The summed E-state index contributed by atoms with van der Waals surface area (Å²) in [7, 11) is 0. The zero-order valence-electron chi connectivity index (χ0n) is 16.4. The number of amides is 1. The number of carboxylic acid groups (broad SMARTS) is 1. The molecule has 0 aliphatic carbocycles. The Morgan fingerprint density at radius 2 is 1.71 bits per heavy atom. The molecule has 0 aliphatic heterocycles. The van der Waals surface area contributed by atoms with Gasteiger partial charge in [-0.1, -0.05) is 35.9 Å². The third-order valence-corrected chi connectivity index (χ3v) is 4.85. The number of carboxylic acids is 1. The highest BCUT2D eigenvalue weighted by molar-refractivity contribution is 6.31. The predicted octanol–water partition coefficient (Wildman–Crippen LogP) is 5.39. The first-order valence-electron chi connectivity index (χ1n) is 9.25. The van der Waals surface area contributed by atoms with Gasteiger partial charge in [-0.25, -0.2) is 13.6 Å². The van der Waals surface area contributed by atoms with E-state index in [1.54, 1.807) is 31.2 Å². The van der Waals surface area contributed by atoms with E-state index < -0.39 is 35.3 Å². The summed E-state index contributed by atoms with van der Waals surface area (Å²) in [6.45, 7) is 1.49. The maximum atomic E-state index is 13.8. The number of ether oxygens (including phenoxy) is 1. The van der Waals surface area contributed by atoms with Crippen LogP contribution in [0.2, 0.25) is 5.02 Å². The zero-order valence-corrected chi connectivity index (χ0v) is 17.1. The first kappa shape index (κ1) is 22.2. The Balaban J connectivity index is 1.77. The van der Waals surface area contributed by atoms with Gasteiger partial charge in [0, 0.05) is 16.1 Å². The van der Waals surface area contributed by atoms with Crippen LogP contribution >= 0.6 is 11.6 Å². The molecule has 0 radical (unpaired) electrons. The highest BCUT2D eigenvalue weighted by Crippen LogP contribution is 2.24. The van der Waals surface area contributed by atoms with E-state index in [1.165, 1.54) is 24.3 Å². The van der Waals surface area contributed by atoms with Crippen LogP contribution in [0.5, 0.6) is 5.75 Å². The van der Waals surface area contributed by atoms with Crippen molar-refractivity contribution in [2.24, 2.45) is 0 Å². The van der Waals surface area contributed by atoms with Crippen molar-refractivity contribution < 1.29 is 28.2 Å². The van der Waals surface area contributed by atoms with Crippen molar-refractivity contribution in [3.63, 3.8) is 0 Å². The first-order chi connectivity index (χ1) is 14.8. The topological polar surface area (TPSA) is 75.6 Å². The predicted molar refractivity (Wildman–Crippen MR) is 111 cm³/mol. The summed E-state index contributed by atoms with van der Waals surface area (Å²) in [5.41, 5.74) is 1.42. The lowest BCUT2D eigenvalue weighted by atomic mass is 10.0. The molecule has 0 aliphatic rings. The van der Waals surface area contributed by atoms with E-state index in [4.69, 9.17) is 21.4 Å². The van der Waals surface area contributed by atoms with Gasteiger partial charge in [0.2, 0.25) is 0 Å². The molecule has 1 unspecified atom stereocenters. The van der Waals surface area contributed by atoms with Crippen LogP contribution in [0.25, 0.3) is 0 Å². The fourth-order valence-electron chi connectivity index (χ4n) is 2.93. The largest absolute Gasteiger partial charge is 0.483 e. The Labute approximate surface area is 182 Å². The van der Waals surface area contributed by atoms with Gasteiger partial charge in [-0.05, 0) is 48.9 Å². The van der Waals surface area contributed by atoms with Gasteiger partial charge in [-0.15, -0.1) is 0 Å². The first-order valence-corrected chi connectivity index (χ1v) is 9.63. The Morgan fingerprint density at radius 3 is 2.32 bits per heavy atom. The van der Waals surface area contributed by atoms with E-state index in [-0.39, 0.29) is 17.7 Å². The second-order valence-electron chi connectivity index (χ2n) is 6.76. The minimum atomic E-state index is -1.04. The number of hydrogen-bond donors (Lipinski definition) is 2. The third kappa shape index (κ3) is 5.38. The van der Waals surface area contributed by atoms with Gasteiger partial charge in [0.05, 0.1) is 11.6 Å². The number of nitrogens with one attached hydrogen (secondary N) is 1. The third-order valence-electron chi connectivity index (χ3n) is 4.61. The minimum absolute atomic E-state index is 0.136. The number of rotatable bonds is 7. The molecule has 0 heterocycles. The Morgan fingerprint density at radius 1 is 1.06 bits per heavy atom. The molecule has 1 amide bonds. The van der Waals surface area contributed by atoms with Crippen LogP contribution < -0.4 is 10.1 Å². The summed E-state index contributed by atoms with van der Waals surface area (Å²) in [5, 5.41) is 12.1. The SMILES string of the molecule is CC(NC(=O)c1cc(Cl)ccc1COc1c(F)cccc1F)c1ccc(C(=O)O)cc1. The van der Waals surface area contributed by atoms with Crippen LogP contribution in [0.1, 0.15) is 44.8 Å². The molecule has 3 rings (SSSR count). The van der Waals surface area contributed by atoms with Gasteiger partial charge in [0.15, 0.2) is 17.4 Å². The van der Waals surface area contributed by atoms with Crippen LogP contribution in [0.15, 0.2) is 60.7 Å². The molecule has 0 fully saturated rings. The summed E-state index contributed by atoms with van der Waals surface area (Å²) in [6, 6.07) is 13.6. The lowest BCUT2D eigenvalue weighted by molar-refractivity contribution is 0.0696. The molecule has 31 heavy (non-hydrogen) atoms. The Hall–Kier alpha value is -3.45. The molecule has 0 bridgehead atoms. The van der Waals surface area contributed by atoms with E-state index in [0.717, 1.165) is 12.1 Å². The summed E-state index contributed by atoms with van der Waals surface area (Å²) in [5.74, 6) is -3.74. The molecular formula is C23H18ClF2NO4. The van der Waals surface area contributed by atoms with E-state index in [0.29, 0.717) is 16.1 Å². The lowest BCUT2D eigenvalue weighted by Gasteiger charge is -2.17. The Bertz CT molecular complexity index is 1100. The number of carbonyl (C=O) groups is 2. The summed E-state index contributed by atoms with van der Waals surface area (Å²) in [6.07, 6.45) is 0. The summed E-state index contributed by atoms with van der Waals surface area (Å²) >= 11 is 6.03. The molecule has 0 aromatic heterocycles. The molecule has 3 aromatic rings. The van der Waals surface area contributed by atoms with Crippen LogP contribution in [-0.2, 0) is 6.61 Å². The highest BCUT2D eigenvalue weighted by atomic mass is 35.5. The van der Waals surface area contributed by atoms with Crippen LogP contribution in [0.4, 0.5) is 8.78 Å². The van der Waals surface area contributed by atoms with Crippen molar-refractivity contribution in [3.05, 3.63) is 99.6 Å². The van der Waals surface area contributed by atoms with E-state index in [2.05, 4.69) is 5.32 Å². The second-order valence-corrected chi connectivity index (χ2v) is 7.20. The van der Waals surface area contributed by atoms with Gasteiger partial charge in [0.1, 0.15) is 6.61 Å². The van der Waals surface area contributed by atoms with Gasteiger partial charge in [-0.3, -0.25) is 4.79 Å². The quantitative estimate of drug-likeness (QED) is 0.511. The monoisotopic (exact) mass is 445 g/mol. The summed E-state index contributed by atoms with van der Waals surface area (Å²) < 4.78 is 32.9. The van der Waals surface area contributed by atoms with Crippen LogP contribution in [-0.4, -0.2) is 17.0 Å². The van der Waals surface area contributed by atoms with Crippen LogP contribution in [0.3, 0.4) is 0 Å². The fourth-order valence-corrected chi connectivity index (χ4v) is 3.10. The second kappa shape index (κ2) is 9.57. The van der Waals surface area contributed by atoms with Gasteiger partial charge in [-0.2, -0.15) is 0 Å². The maximum Gasteiger partial charge on any atom is 0.335 e. The molecular weight excluding hydrogens is 428 g/mol. The normalized spacial score (nSPS) is 11.6. The van der Waals surface area contributed by atoms with Crippen LogP contribution in [0, 0.1) is 11.6 Å². The van der Waals surface area contributed by atoms with Gasteiger partial charge >= 0.3 is 5.97 Å². The number of aromatic carboxylic acids is 1. The molecule has 1 atom stereocenters. The molecule has 0 spiro atoms. The van der Waals surface area contributed by atoms with Crippen molar-refractivity contribution in [1.29, 1.82) is 0 Å². The Kier molecular flexibility index (Phi) is 6.87.